The molecular formula is C26H29N3O4. The minimum atomic E-state index is -0.212. The van der Waals surface area contributed by atoms with Gasteiger partial charge in [-0.1, -0.05) is 24.3 Å². The van der Waals surface area contributed by atoms with Crippen LogP contribution in [0.15, 0.2) is 66.9 Å². The summed E-state index contributed by atoms with van der Waals surface area (Å²) in [7, 11) is 3.28. The standard InChI is InChI=1S/C26H29N3O4/c1-31-22-8-3-19(4-9-22)17-24(20-5-10-23(32-2)11-6-20)28-26(30)21-7-12-25(27-18-21)29-13-15-33-16-14-29/h3-12,18,24H,13-17H2,1-2H3,(H,28,30)/t24-/m0/s1. The fourth-order valence-electron chi connectivity index (χ4n) is 3.83. The van der Waals surface area contributed by atoms with Gasteiger partial charge in [-0.3, -0.25) is 4.79 Å². The van der Waals surface area contributed by atoms with Crippen molar-refractivity contribution in [3.8, 4) is 11.5 Å². The highest BCUT2D eigenvalue weighted by Gasteiger charge is 2.18. The Balaban J connectivity index is 1.50. The second-order valence-corrected chi connectivity index (χ2v) is 7.86. The summed E-state index contributed by atoms with van der Waals surface area (Å²) >= 11 is 0. The van der Waals surface area contributed by atoms with E-state index in [2.05, 4.69) is 15.2 Å². The number of anilines is 1. The third-order valence-corrected chi connectivity index (χ3v) is 5.77. The summed E-state index contributed by atoms with van der Waals surface area (Å²) in [6.07, 6.45) is 2.28. The van der Waals surface area contributed by atoms with Gasteiger partial charge in [-0.15, -0.1) is 0 Å². The van der Waals surface area contributed by atoms with Crippen molar-refractivity contribution in [3.05, 3.63) is 83.6 Å². The lowest BCUT2D eigenvalue weighted by molar-refractivity contribution is 0.0936. The lowest BCUT2D eigenvalue weighted by Gasteiger charge is -2.27. The molecule has 1 atom stereocenters. The molecular weight excluding hydrogens is 418 g/mol. The van der Waals surface area contributed by atoms with Crippen LogP contribution in [0.3, 0.4) is 0 Å². The van der Waals surface area contributed by atoms with E-state index in [1.54, 1.807) is 20.4 Å². The number of aromatic nitrogens is 1. The van der Waals surface area contributed by atoms with Crippen molar-refractivity contribution < 1.29 is 19.0 Å². The zero-order valence-corrected chi connectivity index (χ0v) is 19.0. The van der Waals surface area contributed by atoms with Crippen LogP contribution in [0.2, 0.25) is 0 Å². The van der Waals surface area contributed by atoms with Crippen LogP contribution < -0.4 is 19.7 Å². The smallest absolute Gasteiger partial charge is 0.253 e. The van der Waals surface area contributed by atoms with E-state index in [0.29, 0.717) is 25.2 Å². The molecule has 1 amide bonds. The Kier molecular flexibility index (Phi) is 7.42. The Bertz CT molecular complexity index is 1030. The van der Waals surface area contributed by atoms with Gasteiger partial charge >= 0.3 is 0 Å². The summed E-state index contributed by atoms with van der Waals surface area (Å²) in [5.41, 5.74) is 2.62. The second kappa shape index (κ2) is 10.8. The molecule has 33 heavy (non-hydrogen) atoms. The van der Waals surface area contributed by atoms with E-state index in [9.17, 15) is 4.79 Å². The molecule has 1 aliphatic rings. The first kappa shape index (κ1) is 22.6. The molecule has 2 heterocycles. The van der Waals surface area contributed by atoms with E-state index in [1.165, 1.54) is 0 Å². The van der Waals surface area contributed by atoms with E-state index in [-0.39, 0.29) is 11.9 Å². The Labute approximate surface area is 194 Å². The number of hydrogen-bond acceptors (Lipinski definition) is 6. The number of nitrogens with zero attached hydrogens (tertiary/aromatic N) is 2. The molecule has 0 aliphatic carbocycles. The molecule has 4 rings (SSSR count). The average molecular weight is 448 g/mol. The molecule has 1 N–H and O–H groups in total. The van der Waals surface area contributed by atoms with Crippen molar-refractivity contribution in [1.29, 1.82) is 0 Å². The Morgan fingerprint density at radius 3 is 2.18 bits per heavy atom. The molecule has 1 fully saturated rings. The van der Waals surface area contributed by atoms with Crippen LogP contribution in [0.1, 0.15) is 27.5 Å². The number of amides is 1. The first-order valence-corrected chi connectivity index (χ1v) is 11.0. The van der Waals surface area contributed by atoms with Crippen molar-refractivity contribution in [2.24, 2.45) is 0 Å². The predicted octanol–water partition coefficient (Wildman–Crippen LogP) is 3.65. The molecule has 0 unspecified atom stereocenters. The number of hydrogen-bond donors (Lipinski definition) is 1. The van der Waals surface area contributed by atoms with Gasteiger partial charge in [0.05, 0.1) is 39.0 Å². The number of carbonyl (C=O) groups excluding carboxylic acids is 1. The fourth-order valence-corrected chi connectivity index (χ4v) is 3.83. The summed E-state index contributed by atoms with van der Waals surface area (Å²) in [6.45, 7) is 3.00. The van der Waals surface area contributed by atoms with Crippen LogP contribution in [0, 0.1) is 0 Å². The quantitative estimate of drug-likeness (QED) is 0.568. The SMILES string of the molecule is COc1ccc(C[C@H](NC(=O)c2ccc(N3CCOCC3)nc2)c2ccc(OC)cc2)cc1. The first-order valence-electron chi connectivity index (χ1n) is 11.0. The van der Waals surface area contributed by atoms with Crippen molar-refractivity contribution in [1.82, 2.24) is 10.3 Å². The van der Waals surface area contributed by atoms with Gasteiger partial charge in [0.25, 0.3) is 5.91 Å². The molecule has 1 aliphatic heterocycles. The van der Waals surface area contributed by atoms with E-state index < -0.39 is 0 Å². The summed E-state index contributed by atoms with van der Waals surface area (Å²) in [6, 6.07) is 19.2. The Hall–Kier alpha value is -3.58. The highest BCUT2D eigenvalue weighted by Crippen LogP contribution is 2.23. The molecule has 1 saturated heterocycles. The van der Waals surface area contributed by atoms with Crippen LogP contribution in [-0.4, -0.2) is 51.4 Å². The minimum Gasteiger partial charge on any atom is -0.497 e. The zero-order chi connectivity index (χ0) is 23.0. The van der Waals surface area contributed by atoms with Gasteiger partial charge in [0.2, 0.25) is 0 Å². The number of methoxy groups -OCH3 is 2. The van der Waals surface area contributed by atoms with Gasteiger partial charge in [-0.25, -0.2) is 4.98 Å². The number of rotatable bonds is 8. The van der Waals surface area contributed by atoms with Crippen LogP contribution in [-0.2, 0) is 11.2 Å². The Morgan fingerprint density at radius 2 is 1.61 bits per heavy atom. The Morgan fingerprint density at radius 1 is 0.970 bits per heavy atom. The largest absolute Gasteiger partial charge is 0.497 e. The number of benzene rings is 2. The molecule has 1 aromatic heterocycles. The maximum Gasteiger partial charge on any atom is 0.253 e. The molecule has 7 heteroatoms. The number of pyridine rings is 1. The number of ether oxygens (including phenoxy) is 3. The normalized spacial score (nSPS) is 14.4. The van der Waals surface area contributed by atoms with Gasteiger partial charge in [0, 0.05) is 19.3 Å². The molecule has 3 aromatic rings. The summed E-state index contributed by atoms with van der Waals surface area (Å²) < 4.78 is 15.9. The first-order chi connectivity index (χ1) is 16.2. The number of carbonyl (C=O) groups is 1. The maximum atomic E-state index is 13.1. The van der Waals surface area contributed by atoms with E-state index in [1.807, 2.05) is 60.7 Å². The lowest BCUT2D eigenvalue weighted by atomic mass is 9.98. The molecule has 172 valence electrons. The highest BCUT2D eigenvalue weighted by molar-refractivity contribution is 5.94. The minimum absolute atomic E-state index is 0.162. The van der Waals surface area contributed by atoms with Crippen LogP contribution in [0.5, 0.6) is 11.5 Å². The summed E-state index contributed by atoms with van der Waals surface area (Å²) in [4.78, 5) is 19.8. The number of morpholine rings is 1. The van der Waals surface area contributed by atoms with Crippen LogP contribution in [0.4, 0.5) is 5.82 Å². The second-order valence-electron chi connectivity index (χ2n) is 7.86. The topological polar surface area (TPSA) is 72.9 Å². The predicted molar refractivity (Wildman–Crippen MR) is 127 cm³/mol. The zero-order valence-electron chi connectivity index (χ0n) is 19.0. The third-order valence-electron chi connectivity index (χ3n) is 5.77. The van der Waals surface area contributed by atoms with Gasteiger partial charge in [-0.2, -0.15) is 0 Å². The average Bonchev–Trinajstić information content (AvgIpc) is 2.89. The third kappa shape index (κ3) is 5.81. The number of nitrogens with one attached hydrogen (secondary N) is 1. The van der Waals surface area contributed by atoms with Gasteiger partial charge in [0.15, 0.2) is 0 Å². The van der Waals surface area contributed by atoms with E-state index in [0.717, 1.165) is 41.5 Å². The molecule has 0 radical (unpaired) electrons. The van der Waals surface area contributed by atoms with E-state index in [4.69, 9.17) is 14.2 Å². The highest BCUT2D eigenvalue weighted by atomic mass is 16.5. The van der Waals surface area contributed by atoms with Gasteiger partial charge in [0.1, 0.15) is 17.3 Å². The molecule has 0 spiro atoms. The maximum absolute atomic E-state index is 13.1. The van der Waals surface area contributed by atoms with Crippen LogP contribution in [0.25, 0.3) is 0 Å². The molecule has 2 aromatic carbocycles. The molecule has 0 saturated carbocycles. The summed E-state index contributed by atoms with van der Waals surface area (Å²) in [5.74, 6) is 2.27. The monoisotopic (exact) mass is 447 g/mol. The van der Waals surface area contributed by atoms with Crippen molar-refractivity contribution in [3.63, 3.8) is 0 Å². The van der Waals surface area contributed by atoms with Gasteiger partial charge < -0.3 is 24.4 Å². The molecule has 7 nitrogen and oxygen atoms in total. The van der Waals surface area contributed by atoms with Crippen molar-refractivity contribution in [2.45, 2.75) is 12.5 Å². The van der Waals surface area contributed by atoms with Crippen LogP contribution >= 0.6 is 0 Å². The van der Waals surface area contributed by atoms with Gasteiger partial charge in [-0.05, 0) is 53.9 Å². The summed E-state index contributed by atoms with van der Waals surface area (Å²) in [5, 5.41) is 3.18. The van der Waals surface area contributed by atoms with Crippen molar-refractivity contribution in [2.75, 3.05) is 45.4 Å². The molecule has 0 bridgehead atoms. The van der Waals surface area contributed by atoms with E-state index >= 15 is 0 Å². The lowest BCUT2D eigenvalue weighted by Crippen LogP contribution is -2.36. The fraction of sp³-hybridized carbons (Fsp3) is 0.308. The van der Waals surface area contributed by atoms with Crippen molar-refractivity contribution >= 4 is 11.7 Å².